The number of benzene rings is 2. The molecule has 3 N–H and O–H groups in total. The number of carboxylic acids is 1. The minimum atomic E-state index is -0.841. The first-order valence-corrected chi connectivity index (χ1v) is 8.13. The topological polar surface area (TPSA) is 63.1 Å². The molecule has 5 heteroatoms. The molecule has 2 aromatic carbocycles. The van der Waals surface area contributed by atoms with Crippen molar-refractivity contribution in [3.8, 4) is 5.75 Å². The van der Waals surface area contributed by atoms with Crippen LogP contribution in [0.2, 0.25) is 0 Å². The van der Waals surface area contributed by atoms with Gasteiger partial charge < -0.3 is 15.2 Å². The lowest BCUT2D eigenvalue weighted by molar-refractivity contribution is -0.589. The van der Waals surface area contributed by atoms with Crippen molar-refractivity contribution in [2.45, 2.75) is 33.7 Å². The summed E-state index contributed by atoms with van der Waals surface area (Å²) < 4.78 is 18.7. The molecule has 24 heavy (non-hydrogen) atoms. The van der Waals surface area contributed by atoms with Gasteiger partial charge in [0.25, 0.3) is 0 Å². The molecule has 0 aliphatic heterocycles. The van der Waals surface area contributed by atoms with Gasteiger partial charge in [-0.3, -0.25) is 4.79 Å². The SMILES string of the molecule is CC.CCOc1cc(F)ccc1[NH2+]Cc1ccc(CC(=O)O)cc1. The molecular formula is C19H25FNO3+. The van der Waals surface area contributed by atoms with E-state index in [1.54, 1.807) is 6.07 Å². The van der Waals surface area contributed by atoms with Crippen molar-refractivity contribution in [1.82, 2.24) is 0 Å². The van der Waals surface area contributed by atoms with Gasteiger partial charge in [-0.2, -0.15) is 0 Å². The maximum atomic E-state index is 13.2. The van der Waals surface area contributed by atoms with Crippen LogP contribution in [0, 0.1) is 5.82 Å². The summed E-state index contributed by atoms with van der Waals surface area (Å²) in [5.41, 5.74) is 2.67. The maximum absolute atomic E-state index is 13.2. The van der Waals surface area contributed by atoms with Crippen LogP contribution < -0.4 is 10.1 Å². The quantitative estimate of drug-likeness (QED) is 0.764. The van der Waals surface area contributed by atoms with Crippen LogP contribution in [0.4, 0.5) is 10.1 Å². The van der Waals surface area contributed by atoms with E-state index in [9.17, 15) is 9.18 Å². The van der Waals surface area contributed by atoms with E-state index in [0.717, 1.165) is 16.8 Å². The van der Waals surface area contributed by atoms with E-state index >= 15 is 0 Å². The standard InChI is InChI=1S/C17H18FNO3.C2H6/c1-2-22-16-10-14(18)7-8-15(16)19-11-13-5-3-12(4-6-13)9-17(20)21;1-2/h3-8,10,19H,2,9,11H2,1H3,(H,20,21);1-2H3/p+1. The second-order valence-corrected chi connectivity index (χ2v) is 4.91. The Balaban J connectivity index is 0.00000139. The molecule has 0 unspecified atom stereocenters. The van der Waals surface area contributed by atoms with Crippen molar-refractivity contribution in [1.29, 1.82) is 0 Å². The highest BCUT2D eigenvalue weighted by Crippen LogP contribution is 2.21. The zero-order chi connectivity index (χ0) is 17.9. The Bertz CT molecular complexity index is 642. The van der Waals surface area contributed by atoms with E-state index in [4.69, 9.17) is 9.84 Å². The normalized spacial score (nSPS) is 9.83. The zero-order valence-corrected chi connectivity index (χ0v) is 14.4. The van der Waals surface area contributed by atoms with Gasteiger partial charge in [0.1, 0.15) is 12.4 Å². The van der Waals surface area contributed by atoms with E-state index < -0.39 is 5.97 Å². The molecule has 0 aromatic heterocycles. The van der Waals surface area contributed by atoms with Crippen molar-refractivity contribution in [2.24, 2.45) is 0 Å². The van der Waals surface area contributed by atoms with Crippen molar-refractivity contribution >= 4 is 11.7 Å². The number of rotatable bonds is 7. The molecule has 0 amide bonds. The summed E-state index contributed by atoms with van der Waals surface area (Å²) in [4.78, 5) is 10.6. The maximum Gasteiger partial charge on any atom is 0.307 e. The fourth-order valence-corrected chi connectivity index (χ4v) is 2.15. The molecular weight excluding hydrogens is 309 g/mol. The summed E-state index contributed by atoms with van der Waals surface area (Å²) in [6, 6.07) is 11.9. The van der Waals surface area contributed by atoms with Gasteiger partial charge in [-0.15, -0.1) is 0 Å². The molecule has 2 rings (SSSR count). The summed E-state index contributed by atoms with van der Waals surface area (Å²) in [7, 11) is 0. The molecule has 0 aliphatic carbocycles. The van der Waals surface area contributed by atoms with E-state index in [1.807, 2.05) is 50.4 Å². The van der Waals surface area contributed by atoms with Crippen LogP contribution in [0.25, 0.3) is 0 Å². The molecule has 4 nitrogen and oxygen atoms in total. The third kappa shape index (κ3) is 6.38. The predicted octanol–water partition coefficient (Wildman–Crippen LogP) is 3.27. The number of ether oxygens (including phenoxy) is 1. The van der Waals surface area contributed by atoms with Crippen molar-refractivity contribution in [2.75, 3.05) is 6.61 Å². The second kappa shape index (κ2) is 10.4. The average molecular weight is 334 g/mol. The predicted molar refractivity (Wildman–Crippen MR) is 92.0 cm³/mol. The van der Waals surface area contributed by atoms with Gasteiger partial charge >= 0.3 is 5.97 Å². The Kier molecular flexibility index (Phi) is 8.50. The number of hydrogen-bond acceptors (Lipinski definition) is 2. The molecule has 130 valence electrons. The zero-order valence-electron chi connectivity index (χ0n) is 14.4. The highest BCUT2D eigenvalue weighted by molar-refractivity contribution is 5.70. The van der Waals surface area contributed by atoms with Gasteiger partial charge in [0.05, 0.1) is 13.0 Å². The second-order valence-electron chi connectivity index (χ2n) is 4.91. The van der Waals surface area contributed by atoms with Gasteiger partial charge in [-0.1, -0.05) is 38.1 Å². The first kappa shape index (κ1) is 19.6. The molecule has 0 atom stereocenters. The third-order valence-electron chi connectivity index (χ3n) is 3.21. The number of quaternary nitrogens is 1. The summed E-state index contributed by atoms with van der Waals surface area (Å²) >= 11 is 0. The van der Waals surface area contributed by atoms with Crippen molar-refractivity contribution in [3.05, 3.63) is 59.4 Å². The van der Waals surface area contributed by atoms with Crippen LogP contribution in [-0.2, 0) is 17.8 Å². The number of carboxylic acid groups (broad SMARTS) is 1. The van der Waals surface area contributed by atoms with E-state index in [2.05, 4.69) is 0 Å². The van der Waals surface area contributed by atoms with E-state index in [-0.39, 0.29) is 12.2 Å². The first-order valence-electron chi connectivity index (χ1n) is 8.13. The van der Waals surface area contributed by atoms with Gasteiger partial charge in [0.2, 0.25) is 0 Å². The van der Waals surface area contributed by atoms with Gasteiger partial charge in [0, 0.05) is 17.7 Å². The molecule has 0 heterocycles. The largest absolute Gasteiger partial charge is 0.488 e. The Morgan fingerprint density at radius 1 is 1.12 bits per heavy atom. The fourth-order valence-electron chi connectivity index (χ4n) is 2.15. The van der Waals surface area contributed by atoms with Crippen LogP contribution in [0.1, 0.15) is 31.9 Å². The Hall–Kier alpha value is -2.40. The van der Waals surface area contributed by atoms with Crippen molar-refractivity contribution < 1.29 is 24.3 Å². The van der Waals surface area contributed by atoms with E-state index in [0.29, 0.717) is 18.9 Å². The van der Waals surface area contributed by atoms with Crippen LogP contribution >= 0.6 is 0 Å². The van der Waals surface area contributed by atoms with E-state index in [1.165, 1.54) is 12.1 Å². The third-order valence-corrected chi connectivity index (χ3v) is 3.21. The summed E-state index contributed by atoms with van der Waals surface area (Å²) in [6.07, 6.45) is 0.0243. The van der Waals surface area contributed by atoms with Crippen LogP contribution in [0.15, 0.2) is 42.5 Å². The number of halogens is 1. The van der Waals surface area contributed by atoms with Gasteiger partial charge in [-0.25, -0.2) is 4.39 Å². The first-order chi connectivity index (χ1) is 11.6. The number of aliphatic carboxylic acids is 1. The van der Waals surface area contributed by atoms with Crippen LogP contribution in [0.5, 0.6) is 5.75 Å². The average Bonchev–Trinajstić information content (AvgIpc) is 2.57. The Morgan fingerprint density at radius 2 is 1.75 bits per heavy atom. The molecule has 0 saturated carbocycles. The Morgan fingerprint density at radius 3 is 2.33 bits per heavy atom. The number of nitrogens with two attached hydrogens (primary N) is 1. The van der Waals surface area contributed by atoms with Crippen LogP contribution in [0.3, 0.4) is 0 Å². The van der Waals surface area contributed by atoms with Crippen molar-refractivity contribution in [3.63, 3.8) is 0 Å². The minimum Gasteiger partial charge on any atom is -0.488 e. The van der Waals surface area contributed by atoms with Gasteiger partial charge in [-0.05, 0) is 18.6 Å². The molecule has 0 radical (unpaired) electrons. The summed E-state index contributed by atoms with van der Waals surface area (Å²) in [6.45, 7) is 7.00. The molecule has 0 aliphatic rings. The summed E-state index contributed by atoms with van der Waals surface area (Å²) in [5.74, 6) is -0.629. The highest BCUT2D eigenvalue weighted by atomic mass is 19.1. The molecule has 0 saturated heterocycles. The highest BCUT2D eigenvalue weighted by Gasteiger charge is 2.09. The summed E-state index contributed by atoms with van der Waals surface area (Å²) in [5, 5.41) is 10.7. The lowest BCUT2D eigenvalue weighted by Crippen LogP contribution is -2.76. The van der Waals surface area contributed by atoms with Crippen LogP contribution in [-0.4, -0.2) is 17.7 Å². The lowest BCUT2D eigenvalue weighted by atomic mass is 10.1. The minimum absolute atomic E-state index is 0.0243. The number of carbonyl (C=O) groups is 1. The monoisotopic (exact) mass is 334 g/mol. The molecule has 0 fully saturated rings. The Labute approximate surface area is 142 Å². The van der Waals surface area contributed by atoms with Gasteiger partial charge in [0.15, 0.2) is 11.4 Å². The molecule has 2 aromatic rings. The lowest BCUT2D eigenvalue weighted by Gasteiger charge is -2.08. The molecule has 0 bridgehead atoms. The number of hydrogen-bond donors (Lipinski definition) is 2. The fraction of sp³-hybridized carbons (Fsp3) is 0.316. The molecule has 0 spiro atoms. The smallest absolute Gasteiger partial charge is 0.307 e.